The number of hydrogen-bond acceptors (Lipinski definition) is 4. The van der Waals surface area contributed by atoms with Crippen LogP contribution in [-0.4, -0.2) is 29.5 Å². The van der Waals surface area contributed by atoms with Crippen molar-refractivity contribution in [1.29, 1.82) is 0 Å². The molecule has 0 aromatic carbocycles. The Bertz CT molecular complexity index is 381. The highest BCUT2D eigenvalue weighted by atomic mass is 32.1. The van der Waals surface area contributed by atoms with E-state index in [2.05, 4.69) is 31.0 Å². The second-order valence-corrected chi connectivity index (χ2v) is 6.50. The summed E-state index contributed by atoms with van der Waals surface area (Å²) in [6.45, 7) is 12.0. The van der Waals surface area contributed by atoms with E-state index in [4.69, 9.17) is 4.98 Å². The van der Waals surface area contributed by atoms with Crippen LogP contribution in [0.1, 0.15) is 61.5 Å². The molecule has 0 spiro atoms. The Morgan fingerprint density at radius 2 is 2.00 bits per heavy atom. The van der Waals surface area contributed by atoms with Crippen LogP contribution in [0.5, 0.6) is 0 Å². The fourth-order valence-corrected chi connectivity index (χ4v) is 3.47. The Hall–Kier alpha value is -0.450. The monoisotopic (exact) mass is 281 g/mol. The summed E-state index contributed by atoms with van der Waals surface area (Å²) in [5.41, 5.74) is 1.40. The molecule has 0 atom stereocenters. The molecule has 2 rings (SSSR count). The zero-order valence-corrected chi connectivity index (χ0v) is 13.4. The fourth-order valence-electron chi connectivity index (χ4n) is 2.30. The molecule has 1 aromatic heterocycles. The van der Waals surface area contributed by atoms with Crippen molar-refractivity contribution in [2.24, 2.45) is 0 Å². The molecule has 0 aliphatic heterocycles. The van der Waals surface area contributed by atoms with Crippen LogP contribution in [0.4, 0.5) is 0 Å². The van der Waals surface area contributed by atoms with Crippen molar-refractivity contribution < 1.29 is 0 Å². The number of hydrogen-bond donors (Lipinski definition) is 1. The number of rotatable bonds is 9. The first kappa shape index (κ1) is 14.9. The lowest BCUT2D eigenvalue weighted by atomic mass is 10.2. The Kier molecular flexibility index (Phi) is 5.79. The van der Waals surface area contributed by atoms with Gasteiger partial charge in [0.15, 0.2) is 0 Å². The van der Waals surface area contributed by atoms with E-state index in [1.807, 2.05) is 11.3 Å². The van der Waals surface area contributed by atoms with Gasteiger partial charge in [0.25, 0.3) is 0 Å². The summed E-state index contributed by atoms with van der Waals surface area (Å²) in [5.74, 6) is 0.764. The number of thiazole rings is 1. The zero-order chi connectivity index (χ0) is 13.7. The lowest BCUT2D eigenvalue weighted by molar-refractivity contribution is 0.295. The minimum Gasteiger partial charge on any atom is -0.312 e. The van der Waals surface area contributed by atoms with Gasteiger partial charge in [-0.05, 0) is 38.9 Å². The molecule has 1 fully saturated rings. The van der Waals surface area contributed by atoms with Gasteiger partial charge in [0.2, 0.25) is 0 Å². The quantitative estimate of drug-likeness (QED) is 0.704. The first-order chi connectivity index (χ1) is 9.28. The molecule has 3 nitrogen and oxygen atoms in total. The first-order valence-corrected chi connectivity index (χ1v) is 8.51. The standard InChI is InChI=1S/C15H27N3S/c1-4-9-16-10-13-15(12-7-8-12)17-14(19-13)11-18(5-2)6-3/h12,16H,4-11H2,1-3H3. The maximum atomic E-state index is 4.92. The van der Waals surface area contributed by atoms with Gasteiger partial charge in [-0.15, -0.1) is 11.3 Å². The van der Waals surface area contributed by atoms with Gasteiger partial charge in [0, 0.05) is 17.3 Å². The van der Waals surface area contributed by atoms with Gasteiger partial charge >= 0.3 is 0 Å². The van der Waals surface area contributed by atoms with Crippen molar-refractivity contribution in [2.75, 3.05) is 19.6 Å². The maximum Gasteiger partial charge on any atom is 0.107 e. The van der Waals surface area contributed by atoms with E-state index in [0.717, 1.165) is 38.6 Å². The Morgan fingerprint density at radius 1 is 1.26 bits per heavy atom. The van der Waals surface area contributed by atoms with E-state index in [0.29, 0.717) is 0 Å². The number of nitrogens with one attached hydrogen (secondary N) is 1. The van der Waals surface area contributed by atoms with Crippen LogP contribution in [0.25, 0.3) is 0 Å². The minimum absolute atomic E-state index is 0.764. The summed E-state index contributed by atoms with van der Waals surface area (Å²) in [6, 6.07) is 0. The average Bonchev–Trinajstić information content (AvgIpc) is 3.19. The molecule has 1 aromatic rings. The average molecular weight is 281 g/mol. The molecule has 108 valence electrons. The minimum atomic E-state index is 0.764. The molecule has 19 heavy (non-hydrogen) atoms. The van der Waals surface area contributed by atoms with Crippen LogP contribution in [0.2, 0.25) is 0 Å². The van der Waals surface area contributed by atoms with E-state index in [1.54, 1.807) is 0 Å². The third kappa shape index (κ3) is 4.26. The molecule has 4 heteroatoms. The SMILES string of the molecule is CCCNCc1sc(CN(CC)CC)nc1C1CC1. The molecular weight excluding hydrogens is 254 g/mol. The second-order valence-electron chi connectivity index (χ2n) is 5.33. The predicted molar refractivity (Wildman–Crippen MR) is 82.7 cm³/mol. The highest BCUT2D eigenvalue weighted by Gasteiger charge is 2.29. The molecule has 0 saturated heterocycles. The smallest absolute Gasteiger partial charge is 0.107 e. The van der Waals surface area contributed by atoms with Gasteiger partial charge < -0.3 is 5.32 Å². The molecule has 0 radical (unpaired) electrons. The van der Waals surface area contributed by atoms with Crippen molar-refractivity contribution in [2.45, 2.75) is 59.0 Å². The van der Waals surface area contributed by atoms with Crippen molar-refractivity contribution in [3.8, 4) is 0 Å². The summed E-state index contributed by atoms with van der Waals surface area (Å²) in [6.07, 6.45) is 3.88. The van der Waals surface area contributed by atoms with E-state index in [-0.39, 0.29) is 0 Å². The molecule has 1 aliphatic rings. The highest BCUT2D eigenvalue weighted by molar-refractivity contribution is 7.11. The highest BCUT2D eigenvalue weighted by Crippen LogP contribution is 2.42. The Morgan fingerprint density at radius 3 is 2.58 bits per heavy atom. The molecule has 1 saturated carbocycles. The summed E-state index contributed by atoms with van der Waals surface area (Å²) >= 11 is 1.92. The maximum absolute atomic E-state index is 4.92. The first-order valence-electron chi connectivity index (χ1n) is 7.69. The zero-order valence-electron chi connectivity index (χ0n) is 12.5. The van der Waals surface area contributed by atoms with E-state index >= 15 is 0 Å². The molecular formula is C15H27N3S. The van der Waals surface area contributed by atoms with E-state index in [9.17, 15) is 0 Å². The molecule has 0 unspecified atom stereocenters. The van der Waals surface area contributed by atoms with Crippen molar-refractivity contribution >= 4 is 11.3 Å². The topological polar surface area (TPSA) is 28.2 Å². The molecule has 1 heterocycles. The lowest BCUT2D eigenvalue weighted by Gasteiger charge is -2.15. The molecule has 0 bridgehead atoms. The van der Waals surface area contributed by atoms with Crippen LogP contribution in [0.15, 0.2) is 0 Å². The number of nitrogens with zero attached hydrogens (tertiary/aromatic N) is 2. The molecule has 1 N–H and O–H groups in total. The lowest BCUT2D eigenvalue weighted by Crippen LogP contribution is -2.21. The van der Waals surface area contributed by atoms with Crippen LogP contribution in [-0.2, 0) is 13.1 Å². The van der Waals surface area contributed by atoms with Crippen molar-refractivity contribution in [3.63, 3.8) is 0 Å². The molecule has 1 aliphatic carbocycles. The third-order valence-electron chi connectivity index (χ3n) is 3.70. The van der Waals surface area contributed by atoms with Gasteiger partial charge in [-0.25, -0.2) is 4.98 Å². The van der Waals surface area contributed by atoms with Crippen LogP contribution >= 0.6 is 11.3 Å². The van der Waals surface area contributed by atoms with Crippen LogP contribution in [0, 0.1) is 0 Å². The Balaban J connectivity index is 2.01. The van der Waals surface area contributed by atoms with E-state index < -0.39 is 0 Å². The largest absolute Gasteiger partial charge is 0.312 e. The van der Waals surface area contributed by atoms with Gasteiger partial charge in [-0.2, -0.15) is 0 Å². The van der Waals surface area contributed by atoms with Crippen molar-refractivity contribution in [1.82, 2.24) is 15.2 Å². The number of aromatic nitrogens is 1. The summed E-state index contributed by atoms with van der Waals surface area (Å²) in [7, 11) is 0. The van der Waals surface area contributed by atoms with Gasteiger partial charge in [0.1, 0.15) is 5.01 Å². The van der Waals surface area contributed by atoms with Gasteiger partial charge in [-0.1, -0.05) is 20.8 Å². The van der Waals surface area contributed by atoms with Crippen molar-refractivity contribution in [3.05, 3.63) is 15.6 Å². The summed E-state index contributed by atoms with van der Waals surface area (Å²) in [4.78, 5) is 8.85. The van der Waals surface area contributed by atoms with E-state index in [1.165, 1.54) is 34.8 Å². The predicted octanol–water partition coefficient (Wildman–Crippen LogP) is 3.36. The van der Waals surface area contributed by atoms with Crippen LogP contribution < -0.4 is 5.32 Å². The third-order valence-corrected chi connectivity index (χ3v) is 4.76. The van der Waals surface area contributed by atoms with Crippen LogP contribution in [0.3, 0.4) is 0 Å². The normalized spacial score (nSPS) is 15.4. The second kappa shape index (κ2) is 7.36. The van der Waals surface area contributed by atoms with Gasteiger partial charge in [0.05, 0.1) is 12.2 Å². The summed E-state index contributed by atoms with van der Waals surface area (Å²) < 4.78 is 0. The van der Waals surface area contributed by atoms with Gasteiger partial charge in [-0.3, -0.25) is 4.90 Å². The fraction of sp³-hybridized carbons (Fsp3) is 0.800. The molecule has 0 amide bonds. The summed E-state index contributed by atoms with van der Waals surface area (Å²) in [5, 5.41) is 4.83. The Labute approximate surface area is 121 Å².